The van der Waals surface area contributed by atoms with E-state index in [9.17, 15) is 25.0 Å². The number of nitrogens with zero attached hydrogens (tertiary/aromatic N) is 3. The minimum atomic E-state index is -0.750. The molecule has 0 aliphatic rings. The van der Waals surface area contributed by atoms with Crippen LogP contribution in [0, 0.1) is 20.2 Å². The third kappa shape index (κ3) is 4.99. The average molecular weight is 412 g/mol. The Morgan fingerprint density at radius 3 is 2.45 bits per heavy atom. The Morgan fingerprint density at radius 2 is 1.83 bits per heavy atom. The van der Waals surface area contributed by atoms with Gasteiger partial charge in [-0.2, -0.15) is 5.10 Å². The van der Waals surface area contributed by atoms with Crippen molar-refractivity contribution in [1.29, 1.82) is 0 Å². The van der Waals surface area contributed by atoms with E-state index >= 15 is 0 Å². The van der Waals surface area contributed by atoms with E-state index in [1.807, 2.05) is 0 Å². The van der Waals surface area contributed by atoms with Gasteiger partial charge >= 0.3 is 5.69 Å². The van der Waals surface area contributed by atoms with E-state index < -0.39 is 21.2 Å². The van der Waals surface area contributed by atoms with Crippen molar-refractivity contribution in [1.82, 2.24) is 5.43 Å². The summed E-state index contributed by atoms with van der Waals surface area (Å²) >= 11 is 1.30. The largest absolute Gasteiger partial charge is 0.450 e. The molecule has 0 spiro atoms. The molecule has 11 heteroatoms. The topological polar surface area (TPSA) is 137 Å². The van der Waals surface area contributed by atoms with Crippen LogP contribution in [0.4, 0.5) is 11.4 Å². The number of nitro groups is 2. The molecule has 0 bridgehead atoms. The van der Waals surface area contributed by atoms with Gasteiger partial charge in [0.25, 0.3) is 11.6 Å². The molecule has 3 aromatic rings. The van der Waals surface area contributed by atoms with Gasteiger partial charge in [-0.15, -0.1) is 11.3 Å². The van der Waals surface area contributed by atoms with Crippen LogP contribution in [0.3, 0.4) is 0 Å². The van der Waals surface area contributed by atoms with Crippen molar-refractivity contribution >= 4 is 34.8 Å². The van der Waals surface area contributed by atoms with Crippen LogP contribution < -0.4 is 10.2 Å². The summed E-state index contributed by atoms with van der Waals surface area (Å²) in [5.41, 5.74) is 2.14. The minimum Gasteiger partial charge on any atom is -0.450 e. The lowest BCUT2D eigenvalue weighted by Crippen LogP contribution is -2.16. The van der Waals surface area contributed by atoms with Crippen molar-refractivity contribution in [3.05, 3.63) is 90.6 Å². The van der Waals surface area contributed by atoms with Crippen LogP contribution in [0.15, 0.2) is 65.1 Å². The van der Waals surface area contributed by atoms with Gasteiger partial charge in [-0.25, -0.2) is 5.43 Å². The summed E-state index contributed by atoms with van der Waals surface area (Å²) in [4.78, 5) is 32.8. The van der Waals surface area contributed by atoms with Crippen LogP contribution >= 0.6 is 11.3 Å². The maximum Gasteiger partial charge on any atom is 0.318 e. The molecule has 2 aromatic carbocycles. The summed E-state index contributed by atoms with van der Waals surface area (Å²) < 4.78 is 5.48. The minimum absolute atomic E-state index is 0.120. The molecule has 10 nitrogen and oxygen atoms in total. The molecule has 1 N–H and O–H groups in total. The van der Waals surface area contributed by atoms with Crippen LogP contribution in [0.25, 0.3) is 0 Å². The van der Waals surface area contributed by atoms with E-state index in [2.05, 4.69) is 10.5 Å². The Hall–Kier alpha value is -4.12. The number of hydrazone groups is 1. The van der Waals surface area contributed by atoms with Crippen LogP contribution in [0.1, 0.15) is 15.2 Å². The number of nitro benzene ring substituents is 2. The number of non-ortho nitro benzene ring substituents is 1. The highest BCUT2D eigenvalue weighted by Gasteiger charge is 2.21. The standard InChI is InChI=1S/C18H12N4O6S/c23-18(17-2-1-9-29-17)20-19-11-12-3-6-14(7-4-12)28-16-8-5-13(21(24)25)10-15(16)22(26)27/h1-11H,(H,20,23)/b19-11+. The molecular formula is C18H12N4O6S. The summed E-state index contributed by atoms with van der Waals surface area (Å²) in [7, 11) is 0. The molecule has 1 amide bonds. The molecule has 1 aromatic heterocycles. The molecule has 0 saturated heterocycles. The predicted molar refractivity (Wildman–Crippen MR) is 106 cm³/mol. The Kier molecular flexibility index (Phi) is 5.90. The highest BCUT2D eigenvalue weighted by atomic mass is 32.1. The third-order valence-electron chi connectivity index (χ3n) is 3.58. The molecule has 0 aliphatic heterocycles. The number of rotatable bonds is 7. The molecule has 0 unspecified atom stereocenters. The second-order valence-corrected chi connectivity index (χ2v) is 6.46. The molecule has 29 heavy (non-hydrogen) atoms. The average Bonchev–Trinajstić information content (AvgIpc) is 3.24. The first-order valence-corrected chi connectivity index (χ1v) is 8.89. The smallest absolute Gasteiger partial charge is 0.318 e. The summed E-state index contributed by atoms with van der Waals surface area (Å²) in [5.74, 6) is -0.145. The molecule has 1 heterocycles. The number of nitrogens with one attached hydrogen (secondary N) is 1. The molecule has 0 aliphatic carbocycles. The highest BCUT2D eigenvalue weighted by molar-refractivity contribution is 7.12. The van der Waals surface area contributed by atoms with E-state index in [-0.39, 0.29) is 11.7 Å². The Bertz CT molecular complexity index is 1080. The van der Waals surface area contributed by atoms with Crippen LogP contribution in [0.2, 0.25) is 0 Å². The van der Waals surface area contributed by atoms with Gasteiger partial charge in [-0.05, 0) is 47.3 Å². The summed E-state index contributed by atoms with van der Waals surface area (Å²) in [6.07, 6.45) is 1.43. The third-order valence-corrected chi connectivity index (χ3v) is 4.45. The fourth-order valence-electron chi connectivity index (χ4n) is 2.23. The van der Waals surface area contributed by atoms with Gasteiger partial charge in [0.05, 0.1) is 27.0 Å². The number of benzene rings is 2. The van der Waals surface area contributed by atoms with Gasteiger partial charge in [0.1, 0.15) is 5.75 Å². The number of hydrogen-bond donors (Lipinski definition) is 1. The lowest BCUT2D eigenvalue weighted by Gasteiger charge is -2.06. The van der Waals surface area contributed by atoms with E-state index in [0.717, 1.165) is 12.1 Å². The lowest BCUT2D eigenvalue weighted by molar-refractivity contribution is -0.394. The maximum atomic E-state index is 11.8. The van der Waals surface area contributed by atoms with Crippen molar-refractivity contribution in [3.63, 3.8) is 0 Å². The summed E-state index contributed by atoms with van der Waals surface area (Å²) in [6.45, 7) is 0. The van der Waals surface area contributed by atoms with Crippen molar-refractivity contribution in [2.75, 3.05) is 0 Å². The molecule has 0 atom stereocenters. The molecule has 0 radical (unpaired) electrons. The lowest BCUT2D eigenvalue weighted by atomic mass is 10.2. The normalized spacial score (nSPS) is 10.6. The number of carbonyl (C=O) groups is 1. The van der Waals surface area contributed by atoms with E-state index in [1.165, 1.54) is 23.6 Å². The van der Waals surface area contributed by atoms with Gasteiger partial charge in [0, 0.05) is 6.07 Å². The number of carbonyl (C=O) groups excluding carboxylic acids is 1. The SMILES string of the molecule is O=C(N/N=C/c1ccc(Oc2ccc([N+](=O)[O-])cc2[N+](=O)[O-])cc1)c1cccs1. The van der Waals surface area contributed by atoms with Crippen LogP contribution in [0.5, 0.6) is 11.5 Å². The van der Waals surface area contributed by atoms with Crippen LogP contribution in [-0.4, -0.2) is 22.0 Å². The molecule has 3 rings (SSSR count). The maximum absolute atomic E-state index is 11.8. The van der Waals surface area contributed by atoms with Gasteiger partial charge in [-0.3, -0.25) is 25.0 Å². The van der Waals surface area contributed by atoms with E-state index in [4.69, 9.17) is 4.74 Å². The highest BCUT2D eigenvalue weighted by Crippen LogP contribution is 2.34. The quantitative estimate of drug-likeness (QED) is 0.352. The van der Waals surface area contributed by atoms with Gasteiger partial charge in [0.2, 0.25) is 5.75 Å². The number of amides is 1. The Morgan fingerprint density at radius 1 is 1.07 bits per heavy atom. The number of ether oxygens (including phenoxy) is 1. The fraction of sp³-hybridized carbons (Fsp3) is 0. The predicted octanol–water partition coefficient (Wildman–Crippen LogP) is 4.12. The van der Waals surface area contributed by atoms with Crippen molar-refractivity contribution in [3.8, 4) is 11.5 Å². The zero-order valence-corrected chi connectivity index (χ0v) is 15.4. The Labute approximate surface area is 167 Å². The van der Waals surface area contributed by atoms with Crippen molar-refractivity contribution < 1.29 is 19.4 Å². The van der Waals surface area contributed by atoms with Crippen LogP contribution in [-0.2, 0) is 0 Å². The van der Waals surface area contributed by atoms with Gasteiger partial charge < -0.3 is 4.74 Å². The second kappa shape index (κ2) is 8.71. The molecular weight excluding hydrogens is 400 g/mol. The molecule has 0 saturated carbocycles. The first kappa shape index (κ1) is 19.6. The summed E-state index contributed by atoms with van der Waals surface area (Å²) in [6, 6.07) is 12.9. The fourth-order valence-corrected chi connectivity index (χ4v) is 2.84. The zero-order valence-electron chi connectivity index (χ0n) is 14.6. The van der Waals surface area contributed by atoms with E-state index in [1.54, 1.807) is 41.8 Å². The first-order valence-electron chi connectivity index (χ1n) is 8.01. The number of hydrogen-bond acceptors (Lipinski definition) is 8. The van der Waals surface area contributed by atoms with Crippen molar-refractivity contribution in [2.45, 2.75) is 0 Å². The molecule has 0 fully saturated rings. The Balaban J connectivity index is 1.68. The van der Waals surface area contributed by atoms with Gasteiger partial charge in [-0.1, -0.05) is 6.07 Å². The van der Waals surface area contributed by atoms with Gasteiger partial charge in [0.15, 0.2) is 0 Å². The second-order valence-electron chi connectivity index (χ2n) is 5.51. The zero-order chi connectivity index (χ0) is 20.8. The van der Waals surface area contributed by atoms with E-state index in [0.29, 0.717) is 16.2 Å². The summed E-state index contributed by atoms with van der Waals surface area (Å²) in [5, 5.41) is 27.6. The number of thiophene rings is 1. The monoisotopic (exact) mass is 412 g/mol. The molecule has 146 valence electrons. The first-order chi connectivity index (χ1) is 13.9. The van der Waals surface area contributed by atoms with Crippen molar-refractivity contribution in [2.24, 2.45) is 5.10 Å².